The molecule has 1 rings (SSSR count). The van der Waals surface area contributed by atoms with Crippen molar-refractivity contribution in [3.8, 4) is 23.3 Å². The summed E-state index contributed by atoms with van der Waals surface area (Å²) in [7, 11) is 1.02. The van der Waals surface area contributed by atoms with Crippen LogP contribution in [0.15, 0.2) is 24.3 Å². The fourth-order valence-electron chi connectivity index (χ4n) is 1.22. The highest BCUT2D eigenvalue weighted by molar-refractivity contribution is 7.87. The van der Waals surface area contributed by atoms with Crippen LogP contribution in [0.5, 0.6) is 11.5 Å². The Morgan fingerprint density at radius 3 is 2.45 bits per heavy atom. The molecule has 0 saturated carbocycles. The van der Waals surface area contributed by atoms with Crippen LogP contribution in [0.4, 0.5) is 0 Å². The minimum Gasteiger partial charge on any atom is -0.493 e. The van der Waals surface area contributed by atoms with Crippen LogP contribution in [-0.4, -0.2) is 47.1 Å². The third-order valence-electron chi connectivity index (χ3n) is 2.32. The Morgan fingerprint density at radius 1 is 1.20 bits per heavy atom. The van der Waals surface area contributed by atoms with Crippen LogP contribution in [0.2, 0.25) is 0 Å². The number of hydrogen-bond acceptors (Lipinski definition) is 4. The summed E-state index contributed by atoms with van der Waals surface area (Å²) >= 11 is 0. The first-order valence-electron chi connectivity index (χ1n) is 5.86. The van der Waals surface area contributed by atoms with Crippen LogP contribution >= 0.6 is 0 Å². The molecule has 0 atom stereocenters. The van der Waals surface area contributed by atoms with E-state index in [9.17, 15) is 8.42 Å². The molecular formula is C13H18N2O4S. The number of rotatable bonds is 6. The number of benzene rings is 1. The van der Waals surface area contributed by atoms with Gasteiger partial charge in [-0.25, -0.2) is 0 Å². The Morgan fingerprint density at radius 2 is 1.85 bits per heavy atom. The lowest BCUT2D eigenvalue weighted by Gasteiger charge is -2.09. The lowest BCUT2D eigenvalue weighted by Crippen LogP contribution is -2.35. The third kappa shape index (κ3) is 5.09. The molecule has 0 unspecified atom stereocenters. The lowest BCUT2D eigenvalue weighted by atomic mass is 10.3. The van der Waals surface area contributed by atoms with E-state index in [-0.39, 0.29) is 13.2 Å². The van der Waals surface area contributed by atoms with Gasteiger partial charge in [-0.3, -0.25) is 0 Å². The van der Waals surface area contributed by atoms with Gasteiger partial charge in [0, 0.05) is 14.1 Å². The molecule has 1 aromatic rings. The number of para-hydroxylation sites is 2. The molecule has 20 heavy (non-hydrogen) atoms. The van der Waals surface area contributed by atoms with E-state index in [4.69, 9.17) is 9.47 Å². The molecule has 110 valence electrons. The predicted molar refractivity (Wildman–Crippen MR) is 76.9 cm³/mol. The summed E-state index contributed by atoms with van der Waals surface area (Å²) < 4.78 is 36.7. The van der Waals surface area contributed by atoms with Crippen molar-refractivity contribution in [1.29, 1.82) is 0 Å². The van der Waals surface area contributed by atoms with Crippen LogP contribution in [0.3, 0.4) is 0 Å². The van der Waals surface area contributed by atoms with Gasteiger partial charge >= 0.3 is 0 Å². The zero-order valence-electron chi connectivity index (χ0n) is 11.7. The van der Waals surface area contributed by atoms with Gasteiger partial charge in [-0.1, -0.05) is 24.0 Å². The highest BCUT2D eigenvalue weighted by Gasteiger charge is 2.10. The van der Waals surface area contributed by atoms with Gasteiger partial charge in [-0.15, -0.1) is 0 Å². The molecule has 7 heteroatoms. The average Bonchev–Trinajstić information content (AvgIpc) is 2.42. The van der Waals surface area contributed by atoms with Crippen molar-refractivity contribution in [2.75, 3.05) is 34.4 Å². The summed E-state index contributed by atoms with van der Waals surface area (Å²) in [6, 6.07) is 7.23. The Labute approximate surface area is 119 Å². The molecule has 6 nitrogen and oxygen atoms in total. The van der Waals surface area contributed by atoms with E-state index in [0.717, 1.165) is 4.31 Å². The lowest BCUT2D eigenvalue weighted by molar-refractivity contribution is 0.331. The smallest absolute Gasteiger partial charge is 0.279 e. The summed E-state index contributed by atoms with van der Waals surface area (Å²) in [6.07, 6.45) is 0. The number of hydrogen-bond donors (Lipinski definition) is 1. The van der Waals surface area contributed by atoms with Crippen LogP contribution < -0.4 is 14.2 Å². The number of nitrogens with one attached hydrogen (secondary N) is 1. The molecule has 0 aliphatic rings. The van der Waals surface area contributed by atoms with Crippen LogP contribution in [-0.2, 0) is 10.2 Å². The third-order valence-corrected chi connectivity index (χ3v) is 3.79. The van der Waals surface area contributed by atoms with E-state index >= 15 is 0 Å². The topological polar surface area (TPSA) is 67.9 Å². The van der Waals surface area contributed by atoms with Gasteiger partial charge in [0.2, 0.25) is 0 Å². The maximum Gasteiger partial charge on any atom is 0.279 e. The second kappa shape index (κ2) is 7.75. The first-order chi connectivity index (χ1) is 9.47. The molecule has 0 saturated heterocycles. The minimum atomic E-state index is -3.43. The quantitative estimate of drug-likeness (QED) is 0.775. The average molecular weight is 298 g/mol. The van der Waals surface area contributed by atoms with Crippen LogP contribution in [0, 0.1) is 11.8 Å². The van der Waals surface area contributed by atoms with Crippen molar-refractivity contribution in [3.05, 3.63) is 24.3 Å². The van der Waals surface area contributed by atoms with Crippen molar-refractivity contribution in [1.82, 2.24) is 9.03 Å². The fraction of sp³-hybridized carbons (Fsp3) is 0.385. The van der Waals surface area contributed by atoms with Crippen molar-refractivity contribution in [2.45, 2.75) is 0 Å². The van der Waals surface area contributed by atoms with Gasteiger partial charge < -0.3 is 9.47 Å². The van der Waals surface area contributed by atoms with Gasteiger partial charge in [0.15, 0.2) is 11.5 Å². The van der Waals surface area contributed by atoms with Gasteiger partial charge in [0.1, 0.15) is 6.61 Å². The Kier molecular flexibility index (Phi) is 6.31. The molecule has 0 aromatic heterocycles. The molecule has 0 aliphatic heterocycles. The molecule has 1 aromatic carbocycles. The second-order valence-corrected chi connectivity index (χ2v) is 5.87. The van der Waals surface area contributed by atoms with Crippen LogP contribution in [0.1, 0.15) is 0 Å². The van der Waals surface area contributed by atoms with Crippen molar-refractivity contribution < 1.29 is 17.9 Å². The van der Waals surface area contributed by atoms with Gasteiger partial charge in [0.25, 0.3) is 10.2 Å². The summed E-state index contributed by atoms with van der Waals surface area (Å²) in [5, 5.41) is 0. The first kappa shape index (κ1) is 16.3. The van der Waals surface area contributed by atoms with Gasteiger partial charge in [-0.05, 0) is 12.1 Å². The number of nitrogens with zero attached hydrogens (tertiary/aromatic N) is 1. The molecule has 0 fully saturated rings. The van der Waals surface area contributed by atoms with E-state index in [1.165, 1.54) is 14.1 Å². The van der Waals surface area contributed by atoms with Crippen molar-refractivity contribution in [3.63, 3.8) is 0 Å². The summed E-state index contributed by atoms with van der Waals surface area (Å²) in [5.74, 6) is 6.62. The van der Waals surface area contributed by atoms with Crippen LogP contribution in [0.25, 0.3) is 0 Å². The predicted octanol–water partition coefficient (Wildman–Crippen LogP) is 0.473. The van der Waals surface area contributed by atoms with E-state index in [1.807, 2.05) is 12.1 Å². The Hall–Kier alpha value is -1.75. The zero-order valence-corrected chi connectivity index (χ0v) is 12.5. The summed E-state index contributed by atoms with van der Waals surface area (Å²) in [4.78, 5) is 0. The molecule has 0 heterocycles. The monoisotopic (exact) mass is 298 g/mol. The van der Waals surface area contributed by atoms with E-state index in [2.05, 4.69) is 16.6 Å². The molecule has 0 radical (unpaired) electrons. The molecule has 0 amide bonds. The van der Waals surface area contributed by atoms with E-state index in [1.54, 1.807) is 19.2 Å². The molecule has 1 N–H and O–H groups in total. The minimum absolute atomic E-state index is 0.0375. The number of ether oxygens (including phenoxy) is 2. The Balaban J connectivity index is 2.41. The summed E-state index contributed by atoms with van der Waals surface area (Å²) in [6.45, 7) is 0.194. The number of methoxy groups -OCH3 is 1. The zero-order chi connectivity index (χ0) is 15.0. The highest BCUT2D eigenvalue weighted by Crippen LogP contribution is 2.25. The molecule has 0 spiro atoms. The van der Waals surface area contributed by atoms with Crippen molar-refractivity contribution >= 4 is 10.2 Å². The van der Waals surface area contributed by atoms with Gasteiger partial charge in [-0.2, -0.15) is 17.4 Å². The standard InChI is InChI=1S/C13H18N2O4S/c1-15(2)20(16,17)14-10-6-7-11-19-13-9-5-4-8-12(13)18-3/h4-5,8-9,14H,10-11H2,1-3H3. The largest absolute Gasteiger partial charge is 0.493 e. The summed E-state index contributed by atoms with van der Waals surface area (Å²) in [5.41, 5.74) is 0. The maximum absolute atomic E-state index is 11.4. The normalized spacial score (nSPS) is 10.8. The SMILES string of the molecule is COc1ccccc1OCC#CCNS(=O)(=O)N(C)C. The first-order valence-corrected chi connectivity index (χ1v) is 7.30. The van der Waals surface area contributed by atoms with E-state index in [0.29, 0.717) is 11.5 Å². The highest BCUT2D eigenvalue weighted by atomic mass is 32.2. The van der Waals surface area contributed by atoms with Gasteiger partial charge in [0.05, 0.1) is 13.7 Å². The molecular weight excluding hydrogens is 280 g/mol. The van der Waals surface area contributed by atoms with E-state index < -0.39 is 10.2 Å². The maximum atomic E-state index is 11.4. The Bertz CT molecular complexity index is 588. The molecule has 0 bridgehead atoms. The van der Waals surface area contributed by atoms with Crippen molar-refractivity contribution in [2.24, 2.45) is 0 Å². The second-order valence-electron chi connectivity index (χ2n) is 3.90. The molecule has 0 aliphatic carbocycles. The fourth-order valence-corrected chi connectivity index (χ4v) is 1.73.